The fraction of sp³-hybridized carbons (Fsp3) is 0.323. The molecule has 1 aliphatic rings. The predicted molar refractivity (Wildman–Crippen MR) is 166 cm³/mol. The molecule has 0 radical (unpaired) electrons. The minimum atomic E-state index is -0.791. The number of allylic oxidation sites excluding steroid dienone is 1. The number of hydrogen-bond acceptors (Lipinski definition) is 9. The fourth-order valence-electron chi connectivity index (χ4n) is 4.57. The number of rotatable bonds is 11. The van der Waals surface area contributed by atoms with Gasteiger partial charge in [0.2, 0.25) is 0 Å². The smallest absolute Gasteiger partial charge is 0.338 e. The molecule has 0 fully saturated rings. The summed E-state index contributed by atoms with van der Waals surface area (Å²) >= 11 is 4.77. The second-order valence-electron chi connectivity index (χ2n) is 9.51. The van der Waals surface area contributed by atoms with Crippen LogP contribution in [0, 0.1) is 0 Å². The van der Waals surface area contributed by atoms with Crippen molar-refractivity contribution in [3.8, 4) is 23.0 Å². The number of methoxy groups -OCH3 is 2. The summed E-state index contributed by atoms with van der Waals surface area (Å²) in [7, 11) is 3.09. The van der Waals surface area contributed by atoms with Crippen LogP contribution >= 0.6 is 27.3 Å². The molecule has 42 heavy (non-hydrogen) atoms. The first-order valence-electron chi connectivity index (χ1n) is 13.3. The number of esters is 1. The molecular weight excluding hydrogens is 624 g/mol. The van der Waals surface area contributed by atoms with Gasteiger partial charge in [-0.2, -0.15) is 0 Å². The van der Waals surface area contributed by atoms with Gasteiger partial charge in [-0.15, -0.1) is 0 Å². The first kappa shape index (κ1) is 31.1. The zero-order valence-electron chi connectivity index (χ0n) is 24.4. The van der Waals surface area contributed by atoms with Crippen molar-refractivity contribution in [3.63, 3.8) is 0 Å². The van der Waals surface area contributed by atoms with E-state index < -0.39 is 12.0 Å². The molecule has 0 saturated heterocycles. The summed E-state index contributed by atoms with van der Waals surface area (Å²) < 4.78 is 30.8. The van der Waals surface area contributed by atoms with Crippen LogP contribution in [0.15, 0.2) is 68.5 Å². The molecule has 0 aliphatic carbocycles. The second kappa shape index (κ2) is 13.4. The molecule has 0 N–H and O–H groups in total. The van der Waals surface area contributed by atoms with Gasteiger partial charge in [0.05, 0.1) is 53.2 Å². The first-order valence-corrected chi connectivity index (χ1v) is 14.9. The quantitative estimate of drug-likeness (QED) is 0.213. The average Bonchev–Trinajstić information content (AvgIpc) is 3.25. The molecule has 0 unspecified atom stereocenters. The number of halogens is 1. The van der Waals surface area contributed by atoms with Crippen LogP contribution in [0.4, 0.5) is 0 Å². The minimum absolute atomic E-state index is 0.0686. The first-order chi connectivity index (χ1) is 20.1. The van der Waals surface area contributed by atoms with Gasteiger partial charge in [-0.05, 0) is 85.1 Å². The fourth-order valence-corrected chi connectivity index (χ4v) is 6.19. The Kier molecular flexibility index (Phi) is 9.95. The number of hydrogen-bond donors (Lipinski definition) is 0. The van der Waals surface area contributed by atoms with Crippen LogP contribution in [-0.2, 0) is 9.53 Å². The highest BCUT2D eigenvalue weighted by Crippen LogP contribution is 2.38. The summed E-state index contributed by atoms with van der Waals surface area (Å²) in [5.74, 6) is 1.53. The van der Waals surface area contributed by atoms with E-state index in [4.69, 9.17) is 23.7 Å². The van der Waals surface area contributed by atoms with Crippen LogP contribution in [0.3, 0.4) is 0 Å². The van der Waals surface area contributed by atoms with Gasteiger partial charge in [-0.25, -0.2) is 9.79 Å². The number of carbonyl (C=O) groups is 1. The monoisotopic (exact) mass is 656 g/mol. The van der Waals surface area contributed by atoms with Crippen LogP contribution < -0.4 is 33.8 Å². The molecule has 0 spiro atoms. The van der Waals surface area contributed by atoms with Crippen LogP contribution in [-0.4, -0.2) is 44.1 Å². The van der Waals surface area contributed by atoms with E-state index in [0.717, 1.165) is 0 Å². The number of ether oxygens (including phenoxy) is 5. The number of nitrogens with zero attached hydrogens (tertiary/aromatic N) is 2. The topological polar surface area (TPSA) is 97.6 Å². The van der Waals surface area contributed by atoms with Gasteiger partial charge >= 0.3 is 5.97 Å². The molecule has 1 atom stereocenters. The maximum absolute atomic E-state index is 14.0. The third kappa shape index (κ3) is 6.32. The Morgan fingerprint density at radius 2 is 1.90 bits per heavy atom. The molecule has 1 aromatic heterocycles. The van der Waals surface area contributed by atoms with Gasteiger partial charge in [0.1, 0.15) is 6.61 Å². The van der Waals surface area contributed by atoms with Crippen molar-refractivity contribution in [1.82, 2.24) is 4.57 Å². The molecule has 222 valence electrons. The van der Waals surface area contributed by atoms with Crippen molar-refractivity contribution >= 4 is 39.3 Å². The van der Waals surface area contributed by atoms with Crippen molar-refractivity contribution in [2.45, 2.75) is 39.8 Å². The van der Waals surface area contributed by atoms with Crippen LogP contribution in [0.2, 0.25) is 0 Å². The van der Waals surface area contributed by atoms with Crippen molar-refractivity contribution < 1.29 is 28.5 Å². The van der Waals surface area contributed by atoms with Gasteiger partial charge in [-0.1, -0.05) is 30.1 Å². The van der Waals surface area contributed by atoms with E-state index in [9.17, 15) is 9.59 Å². The summed E-state index contributed by atoms with van der Waals surface area (Å²) in [6.07, 6.45) is 3.33. The lowest BCUT2D eigenvalue weighted by molar-refractivity contribution is -0.139. The molecule has 9 nitrogen and oxygen atoms in total. The largest absolute Gasteiger partial charge is 0.493 e. The Morgan fingerprint density at radius 1 is 1.17 bits per heavy atom. The Hall–Kier alpha value is -3.83. The lowest BCUT2D eigenvalue weighted by atomic mass is 9.95. The minimum Gasteiger partial charge on any atom is -0.493 e. The maximum Gasteiger partial charge on any atom is 0.338 e. The zero-order chi connectivity index (χ0) is 30.6. The van der Waals surface area contributed by atoms with E-state index in [0.29, 0.717) is 60.2 Å². The number of carbonyl (C=O) groups excluding carboxylic acids is 1. The highest BCUT2D eigenvalue weighted by molar-refractivity contribution is 9.10. The summed E-state index contributed by atoms with van der Waals surface area (Å²) in [5.41, 5.74) is 1.82. The maximum atomic E-state index is 14.0. The third-order valence-corrected chi connectivity index (χ3v) is 7.85. The van der Waals surface area contributed by atoms with Crippen LogP contribution in [0.1, 0.15) is 44.9 Å². The Morgan fingerprint density at radius 3 is 2.55 bits per heavy atom. The highest BCUT2D eigenvalue weighted by Gasteiger charge is 2.34. The van der Waals surface area contributed by atoms with Crippen molar-refractivity contribution in [3.05, 3.63) is 89.5 Å². The predicted octanol–water partition coefficient (Wildman–Crippen LogP) is 4.93. The Bertz CT molecular complexity index is 1720. The Balaban J connectivity index is 1.92. The van der Waals surface area contributed by atoms with Gasteiger partial charge in [0.25, 0.3) is 5.56 Å². The third-order valence-electron chi connectivity index (χ3n) is 6.28. The van der Waals surface area contributed by atoms with Crippen molar-refractivity contribution in [2.24, 2.45) is 4.99 Å². The number of aromatic nitrogens is 1. The van der Waals surface area contributed by atoms with E-state index in [1.165, 1.54) is 15.9 Å². The summed E-state index contributed by atoms with van der Waals surface area (Å²) in [6, 6.07) is 8.21. The second-order valence-corrected chi connectivity index (χ2v) is 11.4. The summed E-state index contributed by atoms with van der Waals surface area (Å²) in [5, 5.41) is 0. The lowest BCUT2D eigenvalue weighted by Gasteiger charge is -2.25. The molecule has 0 bridgehead atoms. The van der Waals surface area contributed by atoms with E-state index in [1.54, 1.807) is 58.4 Å². The molecule has 3 aromatic rings. The van der Waals surface area contributed by atoms with Crippen molar-refractivity contribution in [1.29, 1.82) is 0 Å². The molecule has 2 heterocycles. The number of fused-ring (bicyclic) bond motifs is 1. The molecule has 0 amide bonds. The normalized spacial score (nSPS) is 14.8. The summed E-state index contributed by atoms with van der Waals surface area (Å²) in [4.78, 5) is 32.4. The zero-order valence-corrected chi connectivity index (χ0v) is 26.8. The Labute approximate surface area is 256 Å². The lowest BCUT2D eigenvalue weighted by Crippen LogP contribution is -2.40. The molecule has 2 aromatic carbocycles. The van der Waals surface area contributed by atoms with E-state index in [2.05, 4.69) is 27.5 Å². The number of thiazole rings is 1. The molecular formula is C31H33BrN2O7S. The van der Waals surface area contributed by atoms with Crippen LogP contribution in [0.25, 0.3) is 6.08 Å². The van der Waals surface area contributed by atoms with Crippen molar-refractivity contribution in [2.75, 3.05) is 27.4 Å². The number of benzene rings is 2. The van der Waals surface area contributed by atoms with Crippen LogP contribution in [0.5, 0.6) is 23.0 Å². The van der Waals surface area contributed by atoms with E-state index in [1.807, 2.05) is 26.0 Å². The molecule has 4 rings (SSSR count). The van der Waals surface area contributed by atoms with E-state index in [-0.39, 0.29) is 23.8 Å². The van der Waals surface area contributed by atoms with Gasteiger partial charge in [0, 0.05) is 0 Å². The molecule has 0 saturated carbocycles. The average molecular weight is 658 g/mol. The van der Waals surface area contributed by atoms with E-state index >= 15 is 0 Å². The standard InChI is InChI=1S/C31H33BrN2O7S/c1-8-12-40-28-21(32)13-19(14-24(28)38-7)15-25-29(35)34-27(20-10-11-22(41-17(3)4)23(16-20)37-6)26(30(36)39-9-2)18(5)33-31(34)42-25/h8,10-11,13-17,27H,1,9,12H2,2-7H3/b25-15-/t27-/m1/s1. The van der Waals surface area contributed by atoms with Gasteiger partial charge in [-0.3, -0.25) is 9.36 Å². The SMILES string of the molecule is C=CCOc1c(Br)cc(/C=c2\sc3n(c2=O)[C@H](c2ccc(OC(C)C)c(OC)c2)C(C(=O)OCC)=C(C)N=3)cc1OC. The van der Waals surface area contributed by atoms with Gasteiger partial charge < -0.3 is 23.7 Å². The van der Waals surface area contributed by atoms with Gasteiger partial charge in [0.15, 0.2) is 27.8 Å². The summed E-state index contributed by atoms with van der Waals surface area (Å²) in [6.45, 7) is 11.5. The molecule has 1 aliphatic heterocycles. The highest BCUT2D eigenvalue weighted by atomic mass is 79.9. The molecule has 11 heteroatoms.